The quantitative estimate of drug-likeness (QED) is 0.566. The van der Waals surface area contributed by atoms with Crippen molar-refractivity contribution in [3.8, 4) is 5.75 Å². The van der Waals surface area contributed by atoms with E-state index in [4.69, 9.17) is 4.74 Å². The van der Waals surface area contributed by atoms with E-state index in [1.165, 1.54) is 24.2 Å². The smallest absolute Gasteiger partial charge is 0.132 e. The zero-order valence-electron chi connectivity index (χ0n) is 10.4. The molecular weight excluding hydrogens is 230 g/mol. The minimum Gasteiger partial charge on any atom is -0.492 e. The first-order valence-electron chi connectivity index (χ1n) is 6.39. The molecule has 94 valence electrons. The van der Waals surface area contributed by atoms with E-state index >= 15 is 0 Å². The largest absolute Gasteiger partial charge is 0.492 e. The first-order valence-corrected chi connectivity index (χ1v) is 7.62. The van der Waals surface area contributed by atoms with Gasteiger partial charge in [-0.15, -0.1) is 11.8 Å². The number of rotatable bonds is 8. The Morgan fingerprint density at radius 2 is 2.12 bits per heavy atom. The summed E-state index contributed by atoms with van der Waals surface area (Å²) >= 11 is 1.74. The van der Waals surface area contributed by atoms with Gasteiger partial charge in [0.2, 0.25) is 0 Å². The van der Waals surface area contributed by atoms with Crippen LogP contribution in [0.4, 0.5) is 0 Å². The van der Waals surface area contributed by atoms with Crippen molar-refractivity contribution in [2.45, 2.75) is 36.6 Å². The number of para-hydroxylation sites is 1. The van der Waals surface area contributed by atoms with Gasteiger partial charge in [0.15, 0.2) is 0 Å². The number of thioether (sulfide) groups is 1. The van der Waals surface area contributed by atoms with Crippen LogP contribution in [0, 0.1) is 0 Å². The molecule has 1 saturated carbocycles. The van der Waals surface area contributed by atoms with Gasteiger partial charge in [-0.05, 0) is 50.6 Å². The topological polar surface area (TPSA) is 21.3 Å². The zero-order chi connectivity index (χ0) is 11.9. The van der Waals surface area contributed by atoms with Crippen LogP contribution < -0.4 is 10.1 Å². The number of benzene rings is 1. The van der Waals surface area contributed by atoms with Gasteiger partial charge >= 0.3 is 0 Å². The average molecular weight is 251 g/mol. The van der Waals surface area contributed by atoms with Gasteiger partial charge in [0.25, 0.3) is 0 Å². The van der Waals surface area contributed by atoms with Crippen molar-refractivity contribution < 1.29 is 4.74 Å². The summed E-state index contributed by atoms with van der Waals surface area (Å²) in [6, 6.07) is 9.07. The number of nitrogens with one attached hydrogen (secondary N) is 1. The summed E-state index contributed by atoms with van der Waals surface area (Å²) in [7, 11) is 0. The maximum atomic E-state index is 5.80. The van der Waals surface area contributed by atoms with Gasteiger partial charge in [-0.25, -0.2) is 0 Å². The molecule has 2 nitrogen and oxygen atoms in total. The third-order valence-electron chi connectivity index (χ3n) is 2.91. The molecule has 0 aliphatic heterocycles. The van der Waals surface area contributed by atoms with Crippen LogP contribution in [0.15, 0.2) is 29.2 Å². The highest BCUT2D eigenvalue weighted by molar-refractivity contribution is 7.98. The fourth-order valence-corrected chi connectivity index (χ4v) is 2.28. The molecule has 0 bridgehead atoms. The van der Waals surface area contributed by atoms with Gasteiger partial charge in [0.05, 0.1) is 6.61 Å². The van der Waals surface area contributed by atoms with E-state index in [2.05, 4.69) is 23.7 Å². The van der Waals surface area contributed by atoms with E-state index in [-0.39, 0.29) is 0 Å². The van der Waals surface area contributed by atoms with E-state index in [9.17, 15) is 0 Å². The van der Waals surface area contributed by atoms with Gasteiger partial charge in [-0.1, -0.05) is 12.1 Å². The maximum absolute atomic E-state index is 5.80. The first-order chi connectivity index (χ1) is 8.40. The predicted molar refractivity (Wildman–Crippen MR) is 74.0 cm³/mol. The normalized spacial score (nSPS) is 14.9. The lowest BCUT2D eigenvalue weighted by Crippen LogP contribution is -2.17. The van der Waals surface area contributed by atoms with E-state index in [0.29, 0.717) is 0 Å². The molecule has 1 aromatic rings. The Kier molecular flexibility index (Phi) is 5.20. The maximum Gasteiger partial charge on any atom is 0.132 e. The second-order valence-corrected chi connectivity index (χ2v) is 5.28. The molecule has 0 heterocycles. The van der Waals surface area contributed by atoms with Crippen molar-refractivity contribution in [1.82, 2.24) is 5.32 Å². The fraction of sp³-hybridized carbons (Fsp3) is 0.571. The predicted octanol–water partition coefficient (Wildman–Crippen LogP) is 3.32. The van der Waals surface area contributed by atoms with Gasteiger partial charge in [-0.3, -0.25) is 0 Å². The number of unbranched alkanes of at least 4 members (excludes halogenated alkanes) is 1. The molecule has 0 aromatic heterocycles. The van der Waals surface area contributed by atoms with Gasteiger partial charge in [-0.2, -0.15) is 0 Å². The molecule has 1 aromatic carbocycles. The number of hydrogen-bond acceptors (Lipinski definition) is 3. The Balaban J connectivity index is 1.59. The van der Waals surface area contributed by atoms with Crippen molar-refractivity contribution >= 4 is 11.8 Å². The Labute approximate surface area is 108 Å². The Hall–Kier alpha value is -0.670. The molecule has 1 aliphatic rings. The summed E-state index contributed by atoms with van der Waals surface area (Å²) in [6.07, 6.45) is 7.16. The first kappa shape index (κ1) is 12.8. The van der Waals surface area contributed by atoms with Crippen molar-refractivity contribution in [2.24, 2.45) is 0 Å². The van der Waals surface area contributed by atoms with Crippen molar-refractivity contribution in [1.29, 1.82) is 0 Å². The van der Waals surface area contributed by atoms with Crippen molar-refractivity contribution in [2.75, 3.05) is 19.4 Å². The van der Waals surface area contributed by atoms with Crippen LogP contribution >= 0.6 is 11.8 Å². The van der Waals surface area contributed by atoms with Gasteiger partial charge in [0.1, 0.15) is 5.75 Å². The third-order valence-corrected chi connectivity index (χ3v) is 3.69. The van der Waals surface area contributed by atoms with Crippen LogP contribution in [0.5, 0.6) is 5.75 Å². The molecule has 0 saturated heterocycles. The van der Waals surface area contributed by atoms with Crippen LogP contribution in [-0.4, -0.2) is 25.4 Å². The minimum absolute atomic E-state index is 0.823. The Morgan fingerprint density at radius 3 is 2.88 bits per heavy atom. The van der Waals surface area contributed by atoms with Gasteiger partial charge in [0, 0.05) is 10.9 Å². The highest BCUT2D eigenvalue weighted by Gasteiger charge is 2.19. The molecule has 17 heavy (non-hydrogen) atoms. The summed E-state index contributed by atoms with van der Waals surface area (Å²) in [6.45, 7) is 1.96. The second-order valence-electron chi connectivity index (χ2n) is 4.43. The molecule has 0 spiro atoms. The molecule has 0 amide bonds. The molecular formula is C14H21NOS. The molecule has 1 N–H and O–H groups in total. The van der Waals surface area contributed by atoms with E-state index in [1.54, 1.807) is 11.8 Å². The van der Waals surface area contributed by atoms with Gasteiger partial charge < -0.3 is 10.1 Å². The SMILES string of the molecule is CSc1ccccc1OCCCCNC1CC1. The lowest BCUT2D eigenvalue weighted by atomic mass is 10.3. The number of hydrogen-bond donors (Lipinski definition) is 1. The molecule has 3 heteroatoms. The lowest BCUT2D eigenvalue weighted by molar-refractivity contribution is 0.299. The monoisotopic (exact) mass is 251 g/mol. The standard InChI is InChI=1S/C14H21NOS/c1-17-14-7-3-2-6-13(14)16-11-5-4-10-15-12-8-9-12/h2-3,6-7,12,15H,4-5,8-11H2,1H3. The highest BCUT2D eigenvalue weighted by Crippen LogP contribution is 2.26. The summed E-state index contributed by atoms with van der Waals surface area (Å²) in [5.74, 6) is 1.02. The Bertz CT molecular complexity index is 339. The Morgan fingerprint density at radius 1 is 1.29 bits per heavy atom. The molecule has 0 unspecified atom stereocenters. The third kappa shape index (κ3) is 4.60. The molecule has 0 atom stereocenters. The summed E-state index contributed by atoms with van der Waals surface area (Å²) in [5, 5.41) is 3.52. The second kappa shape index (κ2) is 6.92. The lowest BCUT2D eigenvalue weighted by Gasteiger charge is -2.09. The highest BCUT2D eigenvalue weighted by atomic mass is 32.2. The van der Waals surface area contributed by atoms with E-state index in [1.807, 2.05) is 12.1 Å². The molecule has 1 fully saturated rings. The van der Waals surface area contributed by atoms with Crippen molar-refractivity contribution in [3.05, 3.63) is 24.3 Å². The average Bonchev–Trinajstić information content (AvgIpc) is 3.18. The van der Waals surface area contributed by atoms with Crippen LogP contribution in [0.3, 0.4) is 0 Å². The van der Waals surface area contributed by atoms with E-state index in [0.717, 1.165) is 31.4 Å². The number of ether oxygens (including phenoxy) is 1. The molecule has 2 rings (SSSR count). The summed E-state index contributed by atoms with van der Waals surface area (Å²) in [4.78, 5) is 1.23. The zero-order valence-corrected chi connectivity index (χ0v) is 11.3. The van der Waals surface area contributed by atoms with Crippen LogP contribution in [0.2, 0.25) is 0 Å². The molecule has 0 radical (unpaired) electrons. The van der Waals surface area contributed by atoms with E-state index < -0.39 is 0 Å². The van der Waals surface area contributed by atoms with Crippen LogP contribution in [0.25, 0.3) is 0 Å². The van der Waals surface area contributed by atoms with Crippen LogP contribution in [-0.2, 0) is 0 Å². The minimum atomic E-state index is 0.823. The van der Waals surface area contributed by atoms with Crippen LogP contribution in [0.1, 0.15) is 25.7 Å². The van der Waals surface area contributed by atoms with Crippen molar-refractivity contribution in [3.63, 3.8) is 0 Å². The summed E-state index contributed by atoms with van der Waals surface area (Å²) < 4.78 is 5.80. The summed E-state index contributed by atoms with van der Waals surface area (Å²) in [5.41, 5.74) is 0. The molecule has 1 aliphatic carbocycles. The fourth-order valence-electron chi connectivity index (χ4n) is 1.74.